The van der Waals surface area contributed by atoms with Gasteiger partial charge in [0.15, 0.2) is 5.82 Å². The third-order valence-electron chi connectivity index (χ3n) is 2.07. The second-order valence-corrected chi connectivity index (χ2v) is 3.01. The molecule has 0 saturated heterocycles. The van der Waals surface area contributed by atoms with Crippen LogP contribution >= 0.6 is 0 Å². The van der Waals surface area contributed by atoms with Crippen molar-refractivity contribution in [2.75, 3.05) is 12.8 Å². The van der Waals surface area contributed by atoms with Crippen LogP contribution in [0.3, 0.4) is 0 Å². The fourth-order valence-electron chi connectivity index (χ4n) is 1.42. The van der Waals surface area contributed by atoms with Gasteiger partial charge in [-0.2, -0.15) is 5.10 Å². The van der Waals surface area contributed by atoms with Crippen molar-refractivity contribution in [2.45, 2.75) is 6.61 Å². The van der Waals surface area contributed by atoms with E-state index in [2.05, 4.69) is 10.2 Å². The molecule has 4 heteroatoms. The van der Waals surface area contributed by atoms with E-state index in [0.717, 1.165) is 16.5 Å². The fourth-order valence-corrected chi connectivity index (χ4v) is 1.42. The number of hydrogen-bond donors (Lipinski definition) is 1. The van der Waals surface area contributed by atoms with Crippen LogP contribution in [0.25, 0.3) is 10.8 Å². The standard InChI is InChI=1S/C10H11N3O/c1-14-6-9-7-4-2-3-5-8(7)10(11)13-12-9/h2-5H,6H2,1H3,(H2,11,13). The van der Waals surface area contributed by atoms with Crippen LogP contribution in [-0.4, -0.2) is 17.3 Å². The molecule has 0 bridgehead atoms. The molecular formula is C10H11N3O. The quantitative estimate of drug-likeness (QED) is 0.774. The maximum absolute atomic E-state index is 5.71. The molecule has 1 aromatic heterocycles. The van der Waals surface area contributed by atoms with Gasteiger partial charge in [0.25, 0.3) is 0 Å². The monoisotopic (exact) mass is 189 g/mol. The molecule has 14 heavy (non-hydrogen) atoms. The molecule has 0 unspecified atom stereocenters. The Labute approximate surface area is 81.7 Å². The summed E-state index contributed by atoms with van der Waals surface area (Å²) in [4.78, 5) is 0. The molecule has 0 aliphatic carbocycles. The third kappa shape index (κ3) is 1.40. The predicted octanol–water partition coefficient (Wildman–Crippen LogP) is 1.36. The van der Waals surface area contributed by atoms with Gasteiger partial charge in [-0.05, 0) is 0 Å². The molecule has 0 spiro atoms. The Morgan fingerprint density at radius 3 is 2.64 bits per heavy atom. The highest BCUT2D eigenvalue weighted by atomic mass is 16.5. The molecule has 0 radical (unpaired) electrons. The number of aromatic nitrogens is 2. The van der Waals surface area contributed by atoms with Crippen molar-refractivity contribution in [1.29, 1.82) is 0 Å². The van der Waals surface area contributed by atoms with Crippen molar-refractivity contribution in [2.24, 2.45) is 0 Å². The molecule has 1 heterocycles. The largest absolute Gasteiger partial charge is 0.382 e. The lowest BCUT2D eigenvalue weighted by molar-refractivity contribution is 0.182. The predicted molar refractivity (Wildman–Crippen MR) is 54.7 cm³/mol. The number of hydrogen-bond acceptors (Lipinski definition) is 4. The molecule has 4 nitrogen and oxygen atoms in total. The Kier molecular flexibility index (Phi) is 2.28. The van der Waals surface area contributed by atoms with Gasteiger partial charge in [-0.3, -0.25) is 0 Å². The summed E-state index contributed by atoms with van der Waals surface area (Å²) in [6.07, 6.45) is 0. The maximum atomic E-state index is 5.71. The molecule has 0 amide bonds. The number of rotatable bonds is 2. The number of benzene rings is 1. The SMILES string of the molecule is COCc1nnc(N)c2ccccc12. The first kappa shape index (κ1) is 8.90. The van der Waals surface area contributed by atoms with E-state index in [1.54, 1.807) is 7.11 Å². The number of nitrogens with zero attached hydrogens (tertiary/aromatic N) is 2. The molecule has 72 valence electrons. The number of fused-ring (bicyclic) bond motifs is 1. The van der Waals surface area contributed by atoms with Gasteiger partial charge in [0, 0.05) is 17.9 Å². The number of anilines is 1. The summed E-state index contributed by atoms with van der Waals surface area (Å²) >= 11 is 0. The van der Waals surface area contributed by atoms with Crippen LogP contribution in [-0.2, 0) is 11.3 Å². The highest BCUT2D eigenvalue weighted by Gasteiger charge is 2.05. The zero-order valence-corrected chi connectivity index (χ0v) is 7.90. The third-order valence-corrected chi connectivity index (χ3v) is 2.07. The molecule has 2 rings (SSSR count). The summed E-state index contributed by atoms with van der Waals surface area (Å²) < 4.78 is 5.03. The summed E-state index contributed by atoms with van der Waals surface area (Å²) in [6.45, 7) is 0.452. The molecule has 2 aromatic rings. The van der Waals surface area contributed by atoms with E-state index < -0.39 is 0 Å². The summed E-state index contributed by atoms with van der Waals surface area (Å²) in [5.74, 6) is 0.459. The summed E-state index contributed by atoms with van der Waals surface area (Å²) in [7, 11) is 1.63. The van der Waals surface area contributed by atoms with Gasteiger partial charge < -0.3 is 10.5 Å². The average Bonchev–Trinajstić information content (AvgIpc) is 2.23. The van der Waals surface area contributed by atoms with Gasteiger partial charge in [-0.25, -0.2) is 0 Å². The number of ether oxygens (including phenoxy) is 1. The Bertz CT molecular complexity index is 456. The highest BCUT2D eigenvalue weighted by molar-refractivity contribution is 5.91. The van der Waals surface area contributed by atoms with Crippen molar-refractivity contribution in [1.82, 2.24) is 10.2 Å². The Morgan fingerprint density at radius 1 is 1.21 bits per heavy atom. The molecule has 0 fully saturated rings. The lowest BCUT2D eigenvalue weighted by Crippen LogP contribution is -2.00. The van der Waals surface area contributed by atoms with Gasteiger partial charge in [-0.15, -0.1) is 5.10 Å². The fraction of sp³-hybridized carbons (Fsp3) is 0.200. The van der Waals surface area contributed by atoms with Crippen molar-refractivity contribution < 1.29 is 4.74 Å². The molecule has 0 atom stereocenters. The molecule has 1 aromatic carbocycles. The first-order chi connectivity index (χ1) is 6.83. The Balaban J connectivity index is 2.68. The van der Waals surface area contributed by atoms with Crippen molar-refractivity contribution in [3.63, 3.8) is 0 Å². The van der Waals surface area contributed by atoms with Crippen molar-refractivity contribution in [3.8, 4) is 0 Å². The van der Waals surface area contributed by atoms with Crippen LogP contribution in [0.4, 0.5) is 5.82 Å². The van der Waals surface area contributed by atoms with E-state index in [9.17, 15) is 0 Å². The molecule has 0 saturated carbocycles. The normalized spacial score (nSPS) is 10.6. The van der Waals surface area contributed by atoms with Gasteiger partial charge in [0.05, 0.1) is 12.3 Å². The molecule has 0 aliphatic rings. The first-order valence-corrected chi connectivity index (χ1v) is 4.31. The Morgan fingerprint density at radius 2 is 1.93 bits per heavy atom. The second-order valence-electron chi connectivity index (χ2n) is 3.01. The van der Waals surface area contributed by atoms with Crippen LogP contribution in [0.5, 0.6) is 0 Å². The van der Waals surface area contributed by atoms with E-state index >= 15 is 0 Å². The van der Waals surface area contributed by atoms with Crippen molar-refractivity contribution >= 4 is 16.6 Å². The van der Waals surface area contributed by atoms with Crippen LogP contribution in [0.15, 0.2) is 24.3 Å². The van der Waals surface area contributed by atoms with Crippen LogP contribution in [0.2, 0.25) is 0 Å². The van der Waals surface area contributed by atoms with Gasteiger partial charge >= 0.3 is 0 Å². The minimum absolute atomic E-state index is 0.452. The molecule has 0 aliphatic heterocycles. The van der Waals surface area contributed by atoms with E-state index in [4.69, 9.17) is 10.5 Å². The van der Waals surface area contributed by atoms with E-state index in [0.29, 0.717) is 12.4 Å². The first-order valence-electron chi connectivity index (χ1n) is 4.31. The topological polar surface area (TPSA) is 61.0 Å². The lowest BCUT2D eigenvalue weighted by atomic mass is 10.1. The smallest absolute Gasteiger partial charge is 0.154 e. The zero-order valence-electron chi connectivity index (χ0n) is 7.90. The van der Waals surface area contributed by atoms with Gasteiger partial charge in [-0.1, -0.05) is 24.3 Å². The van der Waals surface area contributed by atoms with Crippen molar-refractivity contribution in [3.05, 3.63) is 30.0 Å². The Hall–Kier alpha value is -1.68. The number of nitrogen functional groups attached to an aromatic ring is 1. The second kappa shape index (κ2) is 3.59. The van der Waals surface area contributed by atoms with Gasteiger partial charge in [0.1, 0.15) is 0 Å². The van der Waals surface area contributed by atoms with Gasteiger partial charge in [0.2, 0.25) is 0 Å². The minimum Gasteiger partial charge on any atom is -0.382 e. The minimum atomic E-state index is 0.452. The van der Waals surface area contributed by atoms with E-state index in [1.165, 1.54) is 0 Å². The summed E-state index contributed by atoms with van der Waals surface area (Å²) in [5.41, 5.74) is 6.52. The molecule has 2 N–H and O–H groups in total. The highest BCUT2D eigenvalue weighted by Crippen LogP contribution is 2.20. The van der Waals surface area contributed by atoms with E-state index in [1.807, 2.05) is 24.3 Å². The average molecular weight is 189 g/mol. The molecular weight excluding hydrogens is 178 g/mol. The van der Waals surface area contributed by atoms with E-state index in [-0.39, 0.29) is 0 Å². The van der Waals surface area contributed by atoms with Crippen LogP contribution < -0.4 is 5.73 Å². The number of nitrogens with two attached hydrogens (primary N) is 1. The lowest BCUT2D eigenvalue weighted by Gasteiger charge is -2.04. The summed E-state index contributed by atoms with van der Waals surface area (Å²) in [6, 6.07) is 7.77. The van der Waals surface area contributed by atoms with Crippen LogP contribution in [0.1, 0.15) is 5.69 Å². The summed E-state index contributed by atoms with van der Waals surface area (Å²) in [5, 5.41) is 9.80. The van der Waals surface area contributed by atoms with Crippen LogP contribution in [0, 0.1) is 0 Å². The zero-order chi connectivity index (χ0) is 9.97. The number of methoxy groups -OCH3 is 1. The maximum Gasteiger partial charge on any atom is 0.154 e.